The quantitative estimate of drug-likeness (QED) is 0.666. The third-order valence-corrected chi connectivity index (χ3v) is 6.52. The lowest BCUT2D eigenvalue weighted by molar-refractivity contribution is 0.102. The first-order valence-corrected chi connectivity index (χ1v) is 11.2. The summed E-state index contributed by atoms with van der Waals surface area (Å²) in [5, 5.41) is 4.61. The zero-order valence-corrected chi connectivity index (χ0v) is 17.5. The molecule has 3 N–H and O–H groups in total. The molecule has 6 rings (SSSR count). The molecule has 0 bridgehead atoms. The van der Waals surface area contributed by atoms with Crippen LogP contribution in [0.1, 0.15) is 42.5 Å². The van der Waals surface area contributed by atoms with Crippen molar-refractivity contribution in [3.05, 3.63) is 42.0 Å². The van der Waals surface area contributed by atoms with Crippen LogP contribution in [0.15, 0.2) is 30.7 Å². The molecular formula is C23H27N7O. The van der Waals surface area contributed by atoms with Crippen LogP contribution in [0.4, 0.5) is 5.82 Å². The first kappa shape index (κ1) is 19.0. The second kappa shape index (κ2) is 7.78. The number of aromatic nitrogens is 4. The van der Waals surface area contributed by atoms with Crippen LogP contribution >= 0.6 is 0 Å². The zero-order chi connectivity index (χ0) is 20.8. The molecule has 2 aliphatic heterocycles. The zero-order valence-electron chi connectivity index (χ0n) is 17.5. The molecule has 0 amide bonds. The Balaban J connectivity index is 1.48. The van der Waals surface area contributed by atoms with Gasteiger partial charge < -0.3 is 20.7 Å². The normalized spacial score (nSPS) is 24.1. The molecule has 0 aromatic carbocycles. The van der Waals surface area contributed by atoms with Crippen molar-refractivity contribution in [2.24, 2.45) is 5.73 Å². The molecule has 8 nitrogen and oxygen atoms in total. The van der Waals surface area contributed by atoms with Crippen LogP contribution in [0.5, 0.6) is 0 Å². The van der Waals surface area contributed by atoms with E-state index < -0.39 is 0 Å². The predicted octanol–water partition coefficient (Wildman–Crippen LogP) is 2.16. The Bertz CT molecular complexity index is 1110. The lowest BCUT2D eigenvalue weighted by Gasteiger charge is -2.30. The fourth-order valence-corrected chi connectivity index (χ4v) is 4.68. The van der Waals surface area contributed by atoms with Crippen molar-refractivity contribution < 1.29 is 4.74 Å². The second-order valence-corrected chi connectivity index (χ2v) is 8.72. The van der Waals surface area contributed by atoms with E-state index in [1.165, 1.54) is 23.8 Å². The minimum atomic E-state index is -0.170. The molecule has 0 spiro atoms. The summed E-state index contributed by atoms with van der Waals surface area (Å²) in [4.78, 5) is 21.5. The van der Waals surface area contributed by atoms with Crippen LogP contribution in [0, 0.1) is 0 Å². The molecule has 3 aliphatic rings. The molecule has 2 saturated heterocycles. The molecule has 3 aromatic heterocycles. The molecule has 1 saturated carbocycles. The van der Waals surface area contributed by atoms with E-state index in [1.54, 1.807) is 6.20 Å². The number of anilines is 1. The SMILES string of the molecule is NC1CCO[C@H]1c1cc(-c2nc(N3CCNCC3)c3c(C4CC4)cncc3n2)ccn1. The molecule has 0 radical (unpaired) electrons. The summed E-state index contributed by atoms with van der Waals surface area (Å²) in [5.74, 6) is 2.31. The van der Waals surface area contributed by atoms with E-state index in [0.717, 1.165) is 55.2 Å². The number of nitrogens with one attached hydrogen (secondary N) is 1. The third kappa shape index (κ3) is 3.54. The van der Waals surface area contributed by atoms with Crippen molar-refractivity contribution in [2.45, 2.75) is 37.3 Å². The van der Waals surface area contributed by atoms with E-state index in [2.05, 4.69) is 20.2 Å². The standard InChI is InChI=1S/C23H27N7O/c24-17-4-10-31-21(17)18-11-15(3-5-27-18)22-28-19-13-26-12-16(14-1-2-14)20(19)23(29-22)30-8-6-25-7-9-30/h3,5,11-14,17,21,25H,1-2,4,6-10,24H2/t17?,21-/m1/s1. The van der Waals surface area contributed by atoms with Crippen molar-refractivity contribution in [3.8, 4) is 11.4 Å². The monoisotopic (exact) mass is 417 g/mol. The van der Waals surface area contributed by atoms with Gasteiger partial charge in [-0.1, -0.05) is 0 Å². The molecule has 3 aromatic rings. The summed E-state index contributed by atoms with van der Waals surface area (Å²) in [6, 6.07) is 3.96. The highest BCUT2D eigenvalue weighted by Gasteiger charge is 2.30. The summed E-state index contributed by atoms with van der Waals surface area (Å²) >= 11 is 0. The molecule has 8 heteroatoms. The van der Waals surface area contributed by atoms with E-state index >= 15 is 0 Å². The van der Waals surface area contributed by atoms with Gasteiger partial charge in [-0.15, -0.1) is 0 Å². The smallest absolute Gasteiger partial charge is 0.162 e. The summed E-state index contributed by atoms with van der Waals surface area (Å²) in [6.07, 6.45) is 8.81. The summed E-state index contributed by atoms with van der Waals surface area (Å²) in [7, 11) is 0. The van der Waals surface area contributed by atoms with Crippen LogP contribution in [-0.4, -0.2) is 58.8 Å². The third-order valence-electron chi connectivity index (χ3n) is 6.52. The average Bonchev–Trinajstić information content (AvgIpc) is 3.58. The summed E-state index contributed by atoms with van der Waals surface area (Å²) in [6.45, 7) is 4.46. The predicted molar refractivity (Wildman–Crippen MR) is 119 cm³/mol. The van der Waals surface area contributed by atoms with E-state index in [0.29, 0.717) is 18.3 Å². The van der Waals surface area contributed by atoms with Crippen LogP contribution in [0.2, 0.25) is 0 Å². The highest BCUT2D eigenvalue weighted by Crippen LogP contribution is 2.44. The summed E-state index contributed by atoms with van der Waals surface area (Å²) < 4.78 is 5.83. The molecule has 1 aliphatic carbocycles. The summed E-state index contributed by atoms with van der Waals surface area (Å²) in [5.41, 5.74) is 10.2. The minimum Gasteiger partial charge on any atom is -0.370 e. The van der Waals surface area contributed by atoms with E-state index in [4.69, 9.17) is 20.4 Å². The molecule has 160 valence electrons. The molecule has 1 unspecified atom stereocenters. The lowest BCUT2D eigenvalue weighted by atomic mass is 10.0. The number of pyridine rings is 2. The first-order valence-electron chi connectivity index (χ1n) is 11.2. The van der Waals surface area contributed by atoms with Crippen molar-refractivity contribution >= 4 is 16.7 Å². The minimum absolute atomic E-state index is 0.0259. The van der Waals surface area contributed by atoms with Gasteiger partial charge >= 0.3 is 0 Å². The maximum absolute atomic E-state index is 6.23. The van der Waals surface area contributed by atoms with E-state index in [1.807, 2.05) is 24.5 Å². The topological polar surface area (TPSA) is 102 Å². The first-order chi connectivity index (χ1) is 15.3. The van der Waals surface area contributed by atoms with Crippen LogP contribution < -0.4 is 16.0 Å². The number of rotatable bonds is 4. The number of fused-ring (bicyclic) bond motifs is 1. The van der Waals surface area contributed by atoms with Gasteiger partial charge in [0.05, 0.1) is 17.4 Å². The fraction of sp³-hybridized carbons (Fsp3) is 0.478. The average molecular weight is 418 g/mol. The van der Waals surface area contributed by atoms with Gasteiger partial charge in [-0.05, 0) is 42.9 Å². The van der Waals surface area contributed by atoms with Gasteiger partial charge in [-0.25, -0.2) is 9.97 Å². The van der Waals surface area contributed by atoms with E-state index in [-0.39, 0.29) is 12.1 Å². The highest BCUT2D eigenvalue weighted by atomic mass is 16.5. The molecule has 5 heterocycles. The van der Waals surface area contributed by atoms with Gasteiger partial charge in [0.2, 0.25) is 0 Å². The molecular weight excluding hydrogens is 390 g/mol. The molecule has 2 atom stereocenters. The van der Waals surface area contributed by atoms with Crippen LogP contribution in [-0.2, 0) is 4.74 Å². The van der Waals surface area contributed by atoms with Gasteiger partial charge in [0.25, 0.3) is 0 Å². The van der Waals surface area contributed by atoms with Crippen molar-refractivity contribution in [2.75, 3.05) is 37.7 Å². The fourth-order valence-electron chi connectivity index (χ4n) is 4.68. The lowest BCUT2D eigenvalue weighted by Crippen LogP contribution is -2.44. The number of hydrogen-bond acceptors (Lipinski definition) is 8. The molecule has 31 heavy (non-hydrogen) atoms. The Kier molecular flexibility index (Phi) is 4.78. The van der Waals surface area contributed by atoms with Gasteiger partial charge in [-0.3, -0.25) is 9.97 Å². The number of nitrogens with two attached hydrogens (primary N) is 1. The highest BCUT2D eigenvalue weighted by molar-refractivity contribution is 5.94. The van der Waals surface area contributed by atoms with Crippen molar-refractivity contribution in [1.29, 1.82) is 0 Å². The Morgan fingerprint density at radius 1 is 1.10 bits per heavy atom. The van der Waals surface area contributed by atoms with Crippen molar-refractivity contribution in [1.82, 2.24) is 25.3 Å². The molecule has 3 fully saturated rings. The Morgan fingerprint density at radius 2 is 1.97 bits per heavy atom. The number of hydrogen-bond donors (Lipinski definition) is 2. The van der Waals surface area contributed by atoms with E-state index in [9.17, 15) is 0 Å². The Morgan fingerprint density at radius 3 is 2.74 bits per heavy atom. The van der Waals surface area contributed by atoms with Crippen LogP contribution in [0.25, 0.3) is 22.3 Å². The Hall–Kier alpha value is -2.68. The number of nitrogens with zero attached hydrogens (tertiary/aromatic N) is 5. The van der Waals surface area contributed by atoms with Crippen LogP contribution in [0.3, 0.4) is 0 Å². The van der Waals surface area contributed by atoms with Gasteiger partial charge in [0, 0.05) is 62.2 Å². The number of piperazine rings is 1. The van der Waals surface area contributed by atoms with Gasteiger partial charge in [0.1, 0.15) is 11.9 Å². The number of ether oxygens (including phenoxy) is 1. The Labute approximate surface area is 181 Å². The van der Waals surface area contributed by atoms with Gasteiger partial charge in [-0.2, -0.15) is 0 Å². The maximum atomic E-state index is 6.23. The second-order valence-electron chi connectivity index (χ2n) is 8.72. The maximum Gasteiger partial charge on any atom is 0.162 e. The largest absolute Gasteiger partial charge is 0.370 e. The van der Waals surface area contributed by atoms with Gasteiger partial charge in [0.15, 0.2) is 5.82 Å². The van der Waals surface area contributed by atoms with Crippen molar-refractivity contribution in [3.63, 3.8) is 0 Å².